The van der Waals surface area contributed by atoms with Crippen molar-refractivity contribution >= 4 is 21.4 Å². The first kappa shape index (κ1) is 15.9. The lowest BCUT2D eigenvalue weighted by molar-refractivity contribution is 0.0102. The van der Waals surface area contributed by atoms with Crippen molar-refractivity contribution in [2.75, 3.05) is 32.8 Å². The van der Waals surface area contributed by atoms with E-state index < -0.39 is 10.0 Å². The van der Waals surface area contributed by atoms with Gasteiger partial charge in [-0.25, -0.2) is 8.42 Å². The van der Waals surface area contributed by atoms with Crippen LogP contribution in [0.1, 0.15) is 18.7 Å². The van der Waals surface area contributed by atoms with E-state index in [-0.39, 0.29) is 6.10 Å². The quantitative estimate of drug-likeness (QED) is 0.804. The number of rotatable bonds is 6. The van der Waals surface area contributed by atoms with Gasteiger partial charge in [0.1, 0.15) is 4.21 Å². The topological polar surface area (TPSA) is 58.6 Å². The average Bonchev–Trinajstić information content (AvgIpc) is 2.88. The third kappa shape index (κ3) is 3.79. The third-order valence-electron chi connectivity index (χ3n) is 3.23. The largest absolute Gasteiger partial charge is 0.376 e. The van der Waals surface area contributed by atoms with Crippen molar-refractivity contribution < 1.29 is 13.2 Å². The van der Waals surface area contributed by atoms with Gasteiger partial charge in [0.15, 0.2) is 0 Å². The van der Waals surface area contributed by atoms with Crippen LogP contribution in [-0.2, 0) is 21.2 Å². The van der Waals surface area contributed by atoms with Gasteiger partial charge in [0.25, 0.3) is 10.0 Å². The molecule has 20 heavy (non-hydrogen) atoms. The van der Waals surface area contributed by atoms with E-state index in [0.717, 1.165) is 24.4 Å². The van der Waals surface area contributed by atoms with Gasteiger partial charge < -0.3 is 10.1 Å². The van der Waals surface area contributed by atoms with E-state index >= 15 is 0 Å². The van der Waals surface area contributed by atoms with E-state index in [0.29, 0.717) is 23.9 Å². The maximum atomic E-state index is 12.5. The maximum Gasteiger partial charge on any atom is 0.252 e. The standard InChI is InChI=1S/C13H22N2O3S2/c1-3-14-7-6-12-4-5-13(19-12)20(16,17)15-8-9-18-11(2)10-15/h4-5,11,14H,3,6-10H2,1-2H3. The Kier molecular flexibility index (Phi) is 5.57. The molecule has 0 saturated carbocycles. The summed E-state index contributed by atoms with van der Waals surface area (Å²) in [5.74, 6) is 0. The fourth-order valence-corrected chi connectivity index (χ4v) is 5.16. The Morgan fingerprint density at radius 1 is 1.50 bits per heavy atom. The Morgan fingerprint density at radius 3 is 3.00 bits per heavy atom. The Balaban J connectivity index is 2.05. The van der Waals surface area contributed by atoms with Gasteiger partial charge >= 0.3 is 0 Å². The summed E-state index contributed by atoms with van der Waals surface area (Å²) in [4.78, 5) is 1.10. The van der Waals surface area contributed by atoms with Crippen LogP contribution >= 0.6 is 11.3 Å². The van der Waals surface area contributed by atoms with E-state index in [2.05, 4.69) is 12.2 Å². The first-order valence-corrected chi connectivity index (χ1v) is 9.21. The SMILES string of the molecule is CCNCCc1ccc(S(=O)(=O)N2CCOC(C)C2)s1. The minimum atomic E-state index is -3.35. The first-order chi connectivity index (χ1) is 9.54. The fraction of sp³-hybridized carbons (Fsp3) is 0.692. The van der Waals surface area contributed by atoms with Crippen molar-refractivity contribution in [2.45, 2.75) is 30.6 Å². The molecule has 1 atom stereocenters. The number of sulfonamides is 1. The molecule has 5 nitrogen and oxygen atoms in total. The second-order valence-electron chi connectivity index (χ2n) is 4.87. The predicted molar refractivity (Wildman–Crippen MR) is 80.7 cm³/mol. The van der Waals surface area contributed by atoms with Crippen molar-refractivity contribution in [1.82, 2.24) is 9.62 Å². The van der Waals surface area contributed by atoms with Gasteiger partial charge in [0.2, 0.25) is 0 Å². The number of nitrogens with one attached hydrogen (secondary N) is 1. The zero-order valence-corrected chi connectivity index (χ0v) is 13.6. The molecule has 114 valence electrons. The van der Waals surface area contributed by atoms with Crippen molar-refractivity contribution in [3.05, 3.63) is 17.0 Å². The molecule has 0 amide bonds. The van der Waals surface area contributed by atoms with Gasteiger partial charge in [-0.2, -0.15) is 4.31 Å². The van der Waals surface area contributed by atoms with Crippen molar-refractivity contribution in [3.63, 3.8) is 0 Å². The van der Waals surface area contributed by atoms with Gasteiger partial charge in [-0.05, 0) is 38.6 Å². The summed E-state index contributed by atoms with van der Waals surface area (Å²) >= 11 is 1.37. The summed E-state index contributed by atoms with van der Waals surface area (Å²) < 4.78 is 32.5. The molecule has 1 aliphatic heterocycles. The average molecular weight is 318 g/mol. The van der Waals surface area contributed by atoms with Crippen molar-refractivity contribution in [1.29, 1.82) is 0 Å². The first-order valence-electron chi connectivity index (χ1n) is 6.95. The van der Waals surface area contributed by atoms with Crippen LogP contribution in [0.3, 0.4) is 0 Å². The number of likely N-dealkylation sites (N-methyl/N-ethyl adjacent to an activating group) is 1. The fourth-order valence-electron chi connectivity index (χ4n) is 2.15. The van der Waals surface area contributed by atoms with Crippen LogP contribution in [0.15, 0.2) is 16.3 Å². The third-order valence-corrected chi connectivity index (χ3v) is 6.71. The van der Waals surface area contributed by atoms with Crippen LogP contribution in [-0.4, -0.2) is 51.6 Å². The molecule has 0 bridgehead atoms. The van der Waals surface area contributed by atoms with Crippen LogP contribution in [0.25, 0.3) is 0 Å². The number of hydrogen-bond donors (Lipinski definition) is 1. The van der Waals surface area contributed by atoms with Gasteiger partial charge in [-0.1, -0.05) is 6.92 Å². The highest BCUT2D eigenvalue weighted by molar-refractivity contribution is 7.91. The summed E-state index contributed by atoms with van der Waals surface area (Å²) in [6.07, 6.45) is 0.833. The van der Waals surface area contributed by atoms with Crippen LogP contribution in [0, 0.1) is 0 Å². The molecule has 0 aromatic carbocycles. The predicted octanol–water partition coefficient (Wildman–Crippen LogP) is 1.31. The van der Waals surface area contributed by atoms with E-state index in [1.54, 1.807) is 6.07 Å². The molecule has 2 heterocycles. The highest BCUT2D eigenvalue weighted by Crippen LogP contribution is 2.26. The van der Waals surface area contributed by atoms with E-state index in [1.165, 1.54) is 15.6 Å². The highest BCUT2D eigenvalue weighted by atomic mass is 32.2. The summed E-state index contributed by atoms with van der Waals surface area (Å²) in [6.45, 7) is 7.12. The molecule has 7 heteroatoms. The minimum Gasteiger partial charge on any atom is -0.376 e. The summed E-state index contributed by atoms with van der Waals surface area (Å²) in [5, 5.41) is 3.24. The van der Waals surface area contributed by atoms with Gasteiger partial charge in [-0.15, -0.1) is 11.3 Å². The summed E-state index contributed by atoms with van der Waals surface area (Å²) in [5.41, 5.74) is 0. The second-order valence-corrected chi connectivity index (χ2v) is 8.20. The number of morpholine rings is 1. The lowest BCUT2D eigenvalue weighted by Crippen LogP contribution is -2.44. The van der Waals surface area contributed by atoms with Crippen LogP contribution in [0.2, 0.25) is 0 Å². The Morgan fingerprint density at radius 2 is 2.30 bits per heavy atom. The van der Waals surface area contributed by atoms with Crippen LogP contribution in [0.5, 0.6) is 0 Å². The molecule has 2 rings (SSSR count). The van der Waals surface area contributed by atoms with Gasteiger partial charge in [0.05, 0.1) is 12.7 Å². The van der Waals surface area contributed by atoms with Crippen LogP contribution in [0.4, 0.5) is 0 Å². The normalized spacial score (nSPS) is 21.2. The van der Waals surface area contributed by atoms with Crippen LogP contribution < -0.4 is 5.32 Å². The molecular formula is C13H22N2O3S2. The lowest BCUT2D eigenvalue weighted by atomic mass is 10.3. The van der Waals surface area contributed by atoms with E-state index in [1.807, 2.05) is 13.0 Å². The Hall–Kier alpha value is -0.470. The molecule has 1 N–H and O–H groups in total. The number of nitrogens with zero attached hydrogens (tertiary/aromatic N) is 1. The van der Waals surface area contributed by atoms with Gasteiger partial charge in [-0.3, -0.25) is 0 Å². The van der Waals surface area contributed by atoms with E-state index in [4.69, 9.17) is 4.74 Å². The molecule has 0 spiro atoms. The number of thiophene rings is 1. The molecule has 1 fully saturated rings. The number of ether oxygens (including phenoxy) is 1. The van der Waals surface area contributed by atoms with E-state index in [9.17, 15) is 8.42 Å². The monoisotopic (exact) mass is 318 g/mol. The van der Waals surface area contributed by atoms with Crippen molar-refractivity contribution in [2.24, 2.45) is 0 Å². The molecule has 1 aliphatic rings. The summed E-state index contributed by atoms with van der Waals surface area (Å²) in [6, 6.07) is 3.64. The van der Waals surface area contributed by atoms with Gasteiger partial charge in [0, 0.05) is 18.0 Å². The smallest absolute Gasteiger partial charge is 0.252 e. The number of hydrogen-bond acceptors (Lipinski definition) is 5. The lowest BCUT2D eigenvalue weighted by Gasteiger charge is -2.29. The summed E-state index contributed by atoms with van der Waals surface area (Å²) in [7, 11) is -3.35. The Labute approximate surface area is 125 Å². The molecule has 0 radical (unpaired) electrons. The molecular weight excluding hydrogens is 296 g/mol. The molecule has 1 aromatic rings. The maximum absolute atomic E-state index is 12.5. The molecule has 1 aromatic heterocycles. The molecule has 1 unspecified atom stereocenters. The molecule has 1 saturated heterocycles. The highest BCUT2D eigenvalue weighted by Gasteiger charge is 2.30. The molecule has 0 aliphatic carbocycles. The Bertz CT molecular complexity index is 527. The van der Waals surface area contributed by atoms with Crippen molar-refractivity contribution in [3.8, 4) is 0 Å². The zero-order valence-electron chi connectivity index (χ0n) is 12.0. The second kappa shape index (κ2) is 7.00. The minimum absolute atomic E-state index is 0.0355. The zero-order chi connectivity index (χ0) is 14.6.